The average Bonchev–Trinajstić information content (AvgIpc) is 2.95. The zero-order valence-electron chi connectivity index (χ0n) is 11.0. The molecule has 0 spiro atoms. The first-order valence-electron chi connectivity index (χ1n) is 5.82. The molecule has 1 atom stereocenters. The van der Waals surface area contributed by atoms with Gasteiger partial charge in [0.05, 0.1) is 18.9 Å². The molecule has 0 bridgehead atoms. The van der Waals surface area contributed by atoms with Crippen LogP contribution in [-0.2, 0) is 5.60 Å². The van der Waals surface area contributed by atoms with E-state index in [0.717, 1.165) is 13.4 Å². The predicted octanol–water partition coefficient (Wildman–Crippen LogP) is 4.88. The molecule has 0 aliphatic carbocycles. The second kappa shape index (κ2) is 5.74. The van der Waals surface area contributed by atoms with Crippen LogP contribution in [0.5, 0.6) is 0 Å². The molecular formula is C13H16ClNOS3. The minimum atomic E-state index is -0.894. The molecule has 0 fully saturated rings. The lowest BCUT2D eigenvalue weighted by Crippen LogP contribution is -2.41. The first-order valence-corrected chi connectivity index (χ1v) is 8.88. The molecule has 0 saturated heterocycles. The van der Waals surface area contributed by atoms with Gasteiger partial charge in [-0.1, -0.05) is 32.4 Å². The van der Waals surface area contributed by atoms with Crippen LogP contribution in [-0.4, -0.2) is 15.8 Å². The molecule has 2 heterocycles. The summed E-state index contributed by atoms with van der Waals surface area (Å²) in [7, 11) is 0. The van der Waals surface area contributed by atoms with Gasteiger partial charge in [0.15, 0.2) is 0 Å². The topological polar surface area (TPSA) is 33.1 Å². The Kier molecular flexibility index (Phi) is 4.63. The van der Waals surface area contributed by atoms with Crippen molar-refractivity contribution in [3.05, 3.63) is 33.1 Å². The van der Waals surface area contributed by atoms with Crippen molar-refractivity contribution in [3.63, 3.8) is 0 Å². The summed E-state index contributed by atoms with van der Waals surface area (Å²) in [6.45, 7) is 6.15. The summed E-state index contributed by atoms with van der Waals surface area (Å²) in [5.74, 6) is 0.593. The van der Waals surface area contributed by atoms with Gasteiger partial charge in [0, 0.05) is 11.9 Å². The average molecular weight is 334 g/mol. The molecule has 2 aromatic rings. The van der Waals surface area contributed by atoms with Gasteiger partial charge in [0.1, 0.15) is 5.60 Å². The maximum atomic E-state index is 11.1. The van der Waals surface area contributed by atoms with E-state index in [1.807, 2.05) is 12.1 Å². The molecule has 0 aromatic carbocycles. The second-order valence-electron chi connectivity index (χ2n) is 5.32. The molecule has 104 valence electrons. The fourth-order valence-corrected chi connectivity index (χ4v) is 5.35. The summed E-state index contributed by atoms with van der Waals surface area (Å²) in [5.41, 5.74) is 0.613. The van der Waals surface area contributed by atoms with Crippen molar-refractivity contribution >= 4 is 46.0 Å². The summed E-state index contributed by atoms with van der Waals surface area (Å²) >= 11 is 10.6. The van der Waals surface area contributed by atoms with E-state index < -0.39 is 5.60 Å². The van der Waals surface area contributed by atoms with Crippen LogP contribution in [0.4, 0.5) is 0 Å². The highest BCUT2D eigenvalue weighted by Crippen LogP contribution is 2.45. The number of halogens is 1. The number of thioether (sulfide) groups is 1. The third kappa shape index (κ3) is 3.34. The van der Waals surface area contributed by atoms with Crippen LogP contribution in [0.2, 0.25) is 4.34 Å². The molecule has 0 aliphatic rings. The predicted molar refractivity (Wildman–Crippen MR) is 85.5 cm³/mol. The molecule has 0 radical (unpaired) electrons. The molecular weight excluding hydrogens is 318 g/mol. The van der Waals surface area contributed by atoms with Gasteiger partial charge in [-0.2, -0.15) is 0 Å². The Hall–Kier alpha value is -0.0700. The summed E-state index contributed by atoms with van der Waals surface area (Å²) in [6.07, 6.45) is 1.76. The Bertz CT molecular complexity index is 532. The SMILES string of the molecule is CC(C)(C)C(O)(CSc1ccc(Cl)s1)c1cncs1. The normalized spacial score (nSPS) is 15.4. The first kappa shape index (κ1) is 15.3. The highest BCUT2D eigenvalue weighted by Gasteiger charge is 2.43. The lowest BCUT2D eigenvalue weighted by Gasteiger charge is -2.39. The molecule has 19 heavy (non-hydrogen) atoms. The van der Waals surface area contributed by atoms with E-state index >= 15 is 0 Å². The molecule has 0 aliphatic heterocycles. The van der Waals surface area contributed by atoms with Crippen molar-refractivity contribution in [1.29, 1.82) is 0 Å². The maximum Gasteiger partial charge on any atom is 0.114 e. The molecule has 0 saturated carbocycles. The summed E-state index contributed by atoms with van der Waals surface area (Å²) in [6, 6.07) is 3.88. The number of nitrogens with zero attached hydrogens (tertiary/aromatic N) is 1. The zero-order valence-corrected chi connectivity index (χ0v) is 14.2. The minimum Gasteiger partial charge on any atom is -0.383 e. The lowest BCUT2D eigenvalue weighted by atomic mass is 9.77. The van der Waals surface area contributed by atoms with Crippen molar-refractivity contribution in [1.82, 2.24) is 4.98 Å². The van der Waals surface area contributed by atoms with E-state index in [0.29, 0.717) is 5.75 Å². The molecule has 2 rings (SSSR count). The van der Waals surface area contributed by atoms with E-state index in [2.05, 4.69) is 25.8 Å². The third-order valence-electron chi connectivity index (χ3n) is 3.05. The van der Waals surface area contributed by atoms with Gasteiger partial charge in [-0.3, -0.25) is 4.98 Å². The van der Waals surface area contributed by atoms with Crippen LogP contribution < -0.4 is 0 Å². The Morgan fingerprint density at radius 2 is 2.11 bits per heavy atom. The molecule has 2 aromatic heterocycles. The number of hydrogen-bond acceptors (Lipinski definition) is 5. The number of aliphatic hydroxyl groups is 1. The van der Waals surface area contributed by atoms with Crippen molar-refractivity contribution in [2.45, 2.75) is 30.6 Å². The third-order valence-corrected chi connectivity index (χ3v) is 6.59. The number of aromatic nitrogens is 1. The Morgan fingerprint density at radius 1 is 1.37 bits per heavy atom. The lowest BCUT2D eigenvalue weighted by molar-refractivity contribution is -0.0392. The highest BCUT2D eigenvalue weighted by atomic mass is 35.5. The fourth-order valence-electron chi connectivity index (χ4n) is 1.63. The van der Waals surface area contributed by atoms with E-state index in [-0.39, 0.29) is 5.41 Å². The van der Waals surface area contributed by atoms with Gasteiger partial charge in [-0.25, -0.2) is 0 Å². The molecule has 0 amide bonds. The van der Waals surface area contributed by atoms with Crippen molar-refractivity contribution < 1.29 is 5.11 Å². The molecule has 2 nitrogen and oxygen atoms in total. The first-order chi connectivity index (χ1) is 8.83. The van der Waals surface area contributed by atoms with E-state index in [1.54, 1.807) is 34.8 Å². The van der Waals surface area contributed by atoms with Crippen LogP contribution in [0, 0.1) is 5.41 Å². The highest BCUT2D eigenvalue weighted by molar-refractivity contribution is 8.01. The molecule has 1 unspecified atom stereocenters. The van der Waals surface area contributed by atoms with Gasteiger partial charge in [0.2, 0.25) is 0 Å². The van der Waals surface area contributed by atoms with Gasteiger partial charge in [-0.05, 0) is 17.5 Å². The van der Waals surface area contributed by atoms with Crippen molar-refractivity contribution in [3.8, 4) is 0 Å². The standard InChI is InChI=1S/C13H16ClNOS3/c1-12(2,3)13(16,9-6-15-8-18-9)7-17-11-5-4-10(14)19-11/h4-6,8,16H,7H2,1-3H3. The van der Waals surface area contributed by atoms with E-state index in [1.165, 1.54) is 11.3 Å². The minimum absolute atomic E-state index is 0.256. The Morgan fingerprint density at radius 3 is 2.58 bits per heavy atom. The van der Waals surface area contributed by atoms with Crippen molar-refractivity contribution in [2.75, 3.05) is 5.75 Å². The van der Waals surface area contributed by atoms with Crippen LogP contribution in [0.3, 0.4) is 0 Å². The monoisotopic (exact) mass is 333 g/mol. The zero-order chi connectivity index (χ0) is 14.1. The van der Waals surface area contributed by atoms with Crippen LogP contribution in [0.15, 0.2) is 28.0 Å². The largest absolute Gasteiger partial charge is 0.383 e. The Labute approximate surface area is 130 Å². The second-order valence-corrected chi connectivity index (χ2v) is 9.20. The van der Waals surface area contributed by atoms with E-state index in [4.69, 9.17) is 11.6 Å². The summed E-state index contributed by atoms with van der Waals surface area (Å²) in [5, 5.41) is 11.1. The fraction of sp³-hybridized carbons (Fsp3) is 0.462. The summed E-state index contributed by atoms with van der Waals surface area (Å²) in [4.78, 5) is 5.00. The van der Waals surface area contributed by atoms with E-state index in [9.17, 15) is 5.11 Å². The smallest absolute Gasteiger partial charge is 0.114 e. The number of rotatable bonds is 4. The van der Waals surface area contributed by atoms with Crippen molar-refractivity contribution in [2.24, 2.45) is 5.41 Å². The van der Waals surface area contributed by atoms with Crippen LogP contribution in [0.1, 0.15) is 25.6 Å². The summed E-state index contributed by atoms with van der Waals surface area (Å²) < 4.78 is 1.90. The maximum absolute atomic E-state index is 11.1. The van der Waals surface area contributed by atoms with Crippen LogP contribution >= 0.6 is 46.0 Å². The number of hydrogen-bond donors (Lipinski definition) is 1. The molecule has 1 N–H and O–H groups in total. The van der Waals surface area contributed by atoms with Gasteiger partial charge in [-0.15, -0.1) is 34.4 Å². The van der Waals surface area contributed by atoms with Gasteiger partial charge >= 0.3 is 0 Å². The van der Waals surface area contributed by atoms with Gasteiger partial charge < -0.3 is 5.11 Å². The number of thiophene rings is 1. The number of thiazole rings is 1. The van der Waals surface area contributed by atoms with Crippen LogP contribution in [0.25, 0.3) is 0 Å². The van der Waals surface area contributed by atoms with Gasteiger partial charge in [0.25, 0.3) is 0 Å². The Balaban J connectivity index is 2.20. The quantitative estimate of drug-likeness (QED) is 0.809. The molecule has 6 heteroatoms.